The van der Waals surface area contributed by atoms with Crippen LogP contribution < -0.4 is 0 Å². The van der Waals surface area contributed by atoms with Crippen molar-refractivity contribution in [3.8, 4) is 0 Å². The van der Waals surface area contributed by atoms with Crippen LogP contribution in [-0.2, 0) is 0 Å². The van der Waals surface area contributed by atoms with Gasteiger partial charge < -0.3 is 10.2 Å². The summed E-state index contributed by atoms with van der Waals surface area (Å²) in [6, 6.07) is 0. The summed E-state index contributed by atoms with van der Waals surface area (Å²) in [7, 11) is 0. The molecule has 1 unspecified atom stereocenters. The van der Waals surface area contributed by atoms with Crippen molar-refractivity contribution in [1.29, 1.82) is 0 Å². The molecule has 2 N–H and O–H groups in total. The minimum absolute atomic E-state index is 0.0379. The normalized spacial score (nSPS) is 59.2. The molecule has 0 saturated heterocycles. The van der Waals surface area contributed by atoms with Crippen LogP contribution in [0.5, 0.6) is 0 Å². The summed E-state index contributed by atoms with van der Waals surface area (Å²) in [4.78, 5) is 0. The molecule has 0 aromatic carbocycles. The van der Waals surface area contributed by atoms with Crippen molar-refractivity contribution in [1.82, 2.24) is 0 Å². The lowest BCUT2D eigenvalue weighted by Gasteiger charge is -2.62. The van der Waals surface area contributed by atoms with Gasteiger partial charge >= 0.3 is 0 Å². The molecule has 0 heterocycles. The topological polar surface area (TPSA) is 40.5 Å². The molecule has 24 heavy (non-hydrogen) atoms. The fourth-order valence-corrected chi connectivity index (χ4v) is 8.50. The monoisotopic (exact) mass is 330 g/mol. The Morgan fingerprint density at radius 2 is 1.75 bits per heavy atom. The molecule has 4 fully saturated rings. The van der Waals surface area contributed by atoms with E-state index in [-0.39, 0.29) is 12.2 Å². The van der Waals surface area contributed by atoms with Crippen LogP contribution in [0.1, 0.15) is 71.1 Å². The van der Waals surface area contributed by atoms with E-state index >= 15 is 0 Å². The number of hydrogen-bond donors (Lipinski definition) is 2. The molecule has 9 atom stereocenters. The third-order valence-corrected chi connectivity index (χ3v) is 9.58. The largest absolute Gasteiger partial charge is 0.393 e. The highest BCUT2D eigenvalue weighted by Gasteiger charge is 2.61. The predicted octanol–water partition coefficient (Wildman–Crippen LogP) is 4.31. The van der Waals surface area contributed by atoms with Crippen molar-refractivity contribution in [3.63, 3.8) is 0 Å². The average Bonchev–Trinajstić information content (AvgIpc) is 2.94. The maximum absolute atomic E-state index is 10.3. The Balaban J connectivity index is 1.46. The molecule has 2 heteroatoms. The summed E-state index contributed by atoms with van der Waals surface area (Å²) in [6.45, 7) is 2.57. The molecule has 0 amide bonds. The average molecular weight is 331 g/mol. The standard InChI is InChI=1S/C22H34O2/c1-21-10-8-16(23)12-15(21)3-6-18-19(21)9-11-22-13-17(24)5-2-14(22)4-7-20(18)22/h2,5,14-20,23-24H,3-4,6-13H2,1H3/t14-,15-,16+,17+,18+,19-,20-,21-,22?/m0/s1. The third kappa shape index (κ3) is 2.02. The Morgan fingerprint density at radius 1 is 0.875 bits per heavy atom. The molecule has 1 spiro atoms. The van der Waals surface area contributed by atoms with Crippen LogP contribution >= 0.6 is 0 Å². The molecule has 0 radical (unpaired) electrons. The smallest absolute Gasteiger partial charge is 0.0726 e. The minimum Gasteiger partial charge on any atom is -0.393 e. The van der Waals surface area contributed by atoms with Crippen LogP contribution in [0.2, 0.25) is 0 Å². The first-order valence-corrected chi connectivity index (χ1v) is 10.6. The van der Waals surface area contributed by atoms with Crippen molar-refractivity contribution in [2.75, 3.05) is 0 Å². The van der Waals surface area contributed by atoms with E-state index in [1.165, 1.54) is 44.9 Å². The van der Waals surface area contributed by atoms with Crippen molar-refractivity contribution >= 4 is 0 Å². The number of fused-ring (bicyclic) bond motifs is 4. The first-order chi connectivity index (χ1) is 11.5. The van der Waals surface area contributed by atoms with Crippen molar-refractivity contribution < 1.29 is 10.2 Å². The van der Waals surface area contributed by atoms with Crippen LogP contribution in [0.4, 0.5) is 0 Å². The van der Waals surface area contributed by atoms with Crippen molar-refractivity contribution in [3.05, 3.63) is 12.2 Å². The molecule has 5 aliphatic carbocycles. The molecule has 0 aromatic rings. The first kappa shape index (κ1) is 15.9. The van der Waals surface area contributed by atoms with E-state index in [4.69, 9.17) is 0 Å². The summed E-state index contributed by atoms with van der Waals surface area (Å²) in [6.07, 6.45) is 16.8. The van der Waals surface area contributed by atoms with Gasteiger partial charge in [-0.2, -0.15) is 0 Å². The van der Waals surface area contributed by atoms with Gasteiger partial charge in [0, 0.05) is 0 Å². The highest BCUT2D eigenvalue weighted by Crippen LogP contribution is 2.69. The highest BCUT2D eigenvalue weighted by atomic mass is 16.3. The van der Waals surface area contributed by atoms with Gasteiger partial charge in [-0.3, -0.25) is 0 Å². The van der Waals surface area contributed by atoms with Gasteiger partial charge in [-0.25, -0.2) is 0 Å². The SMILES string of the molecule is C[C@]12CC[C@@H](O)C[C@@H]1CC[C@H]1[C@@H]3CC[C@@H]4C=C[C@@H](O)CC43CC[C@@H]12. The zero-order valence-electron chi connectivity index (χ0n) is 15.2. The van der Waals surface area contributed by atoms with Crippen molar-refractivity contribution in [2.45, 2.75) is 83.3 Å². The lowest BCUT2D eigenvalue weighted by Crippen LogP contribution is -2.55. The maximum Gasteiger partial charge on any atom is 0.0726 e. The van der Waals surface area contributed by atoms with Crippen LogP contribution in [0, 0.1) is 40.4 Å². The molecule has 2 nitrogen and oxygen atoms in total. The number of rotatable bonds is 0. The van der Waals surface area contributed by atoms with Gasteiger partial charge in [-0.15, -0.1) is 0 Å². The molecule has 0 aliphatic heterocycles. The number of hydrogen-bond acceptors (Lipinski definition) is 2. The maximum atomic E-state index is 10.3. The number of allylic oxidation sites excluding steroid dienone is 1. The van der Waals surface area contributed by atoms with E-state index in [1.54, 1.807) is 0 Å². The Labute approximate surface area is 146 Å². The summed E-state index contributed by atoms with van der Waals surface area (Å²) >= 11 is 0. The Morgan fingerprint density at radius 3 is 2.62 bits per heavy atom. The van der Waals surface area contributed by atoms with E-state index in [9.17, 15) is 10.2 Å². The molecule has 4 saturated carbocycles. The fourth-order valence-electron chi connectivity index (χ4n) is 8.50. The van der Waals surface area contributed by atoms with Gasteiger partial charge in [0.25, 0.3) is 0 Å². The lowest BCUT2D eigenvalue weighted by molar-refractivity contribution is -0.134. The summed E-state index contributed by atoms with van der Waals surface area (Å²) in [5.74, 6) is 4.11. The molecular weight excluding hydrogens is 296 g/mol. The quantitative estimate of drug-likeness (QED) is 0.650. The van der Waals surface area contributed by atoms with Crippen LogP contribution in [0.3, 0.4) is 0 Å². The second-order valence-corrected chi connectivity index (χ2v) is 10.2. The Hall–Kier alpha value is -0.340. The second-order valence-electron chi connectivity index (χ2n) is 10.2. The number of aliphatic hydroxyl groups is 2. The Bertz CT molecular complexity index is 542. The van der Waals surface area contributed by atoms with E-state index in [2.05, 4.69) is 19.1 Å². The van der Waals surface area contributed by atoms with Crippen molar-refractivity contribution in [2.24, 2.45) is 40.4 Å². The second kappa shape index (κ2) is 5.33. The van der Waals surface area contributed by atoms with E-state index in [0.29, 0.717) is 10.8 Å². The number of aliphatic hydroxyl groups excluding tert-OH is 2. The summed E-state index contributed by atoms with van der Waals surface area (Å²) in [5.41, 5.74) is 0.900. The lowest BCUT2D eigenvalue weighted by atomic mass is 9.43. The van der Waals surface area contributed by atoms with Gasteiger partial charge in [0.05, 0.1) is 12.2 Å². The highest BCUT2D eigenvalue weighted by molar-refractivity contribution is 5.17. The molecule has 5 rings (SSSR count). The Kier molecular flexibility index (Phi) is 3.53. The molecular formula is C22H34O2. The van der Waals surface area contributed by atoms with Gasteiger partial charge in [0.15, 0.2) is 0 Å². The van der Waals surface area contributed by atoms with Gasteiger partial charge in [-0.05, 0) is 105 Å². The van der Waals surface area contributed by atoms with Gasteiger partial charge in [0.2, 0.25) is 0 Å². The van der Waals surface area contributed by atoms with Crippen LogP contribution in [0.25, 0.3) is 0 Å². The summed E-state index contributed by atoms with van der Waals surface area (Å²) in [5, 5.41) is 20.5. The fraction of sp³-hybridized carbons (Fsp3) is 0.909. The summed E-state index contributed by atoms with van der Waals surface area (Å²) < 4.78 is 0. The van der Waals surface area contributed by atoms with E-state index < -0.39 is 0 Å². The van der Waals surface area contributed by atoms with Crippen LogP contribution in [0.15, 0.2) is 12.2 Å². The van der Waals surface area contributed by atoms with E-state index in [0.717, 1.165) is 48.9 Å². The predicted molar refractivity (Wildman–Crippen MR) is 95.3 cm³/mol. The molecule has 0 aromatic heterocycles. The minimum atomic E-state index is -0.199. The third-order valence-electron chi connectivity index (χ3n) is 9.58. The molecule has 0 bridgehead atoms. The zero-order valence-corrected chi connectivity index (χ0v) is 15.2. The van der Waals surface area contributed by atoms with Gasteiger partial charge in [-0.1, -0.05) is 19.1 Å². The van der Waals surface area contributed by atoms with Gasteiger partial charge in [0.1, 0.15) is 0 Å². The molecule has 134 valence electrons. The first-order valence-electron chi connectivity index (χ1n) is 10.6. The van der Waals surface area contributed by atoms with Crippen LogP contribution in [-0.4, -0.2) is 22.4 Å². The zero-order chi connectivity index (χ0) is 16.5. The molecule has 5 aliphatic rings. The van der Waals surface area contributed by atoms with E-state index in [1.807, 2.05) is 0 Å².